The Bertz CT molecular complexity index is 1010. The van der Waals surface area contributed by atoms with Gasteiger partial charge in [-0.1, -0.05) is 36.4 Å². The molecule has 1 fully saturated rings. The van der Waals surface area contributed by atoms with E-state index in [9.17, 15) is 14.4 Å². The highest BCUT2D eigenvalue weighted by Crippen LogP contribution is 2.31. The molecule has 2 aliphatic heterocycles. The molecule has 8 nitrogen and oxygen atoms in total. The van der Waals surface area contributed by atoms with Crippen molar-refractivity contribution in [3.63, 3.8) is 0 Å². The summed E-state index contributed by atoms with van der Waals surface area (Å²) in [5, 5.41) is 5.43. The Hall–Kier alpha value is -3.55. The number of amides is 4. The molecule has 0 aromatic heterocycles. The van der Waals surface area contributed by atoms with Crippen LogP contribution < -0.4 is 20.1 Å². The van der Waals surface area contributed by atoms with E-state index < -0.39 is 23.4 Å². The fourth-order valence-electron chi connectivity index (χ4n) is 3.75. The summed E-state index contributed by atoms with van der Waals surface area (Å²) in [4.78, 5) is 38.8. The number of nitrogens with one attached hydrogen (secondary N) is 2. The summed E-state index contributed by atoms with van der Waals surface area (Å²) in [7, 11) is 0. The van der Waals surface area contributed by atoms with Crippen LogP contribution in [0.2, 0.25) is 0 Å². The quantitative estimate of drug-likeness (QED) is 0.733. The number of hydrogen-bond acceptors (Lipinski definition) is 5. The van der Waals surface area contributed by atoms with Gasteiger partial charge in [-0.2, -0.15) is 0 Å². The summed E-state index contributed by atoms with van der Waals surface area (Å²) < 4.78 is 11.4. The molecule has 0 saturated carbocycles. The lowest BCUT2D eigenvalue weighted by atomic mass is 9.88. The number of carbonyl (C=O) groups excluding carboxylic acids is 3. The van der Waals surface area contributed by atoms with Crippen LogP contribution in [-0.2, 0) is 15.1 Å². The van der Waals surface area contributed by atoms with Crippen molar-refractivity contribution < 1.29 is 23.9 Å². The molecular weight excluding hydrogens is 386 g/mol. The summed E-state index contributed by atoms with van der Waals surface area (Å²) >= 11 is 0. The molecule has 0 spiro atoms. The SMILES string of the molecule is Cc1ccccc1C1(C)NC(=O)N(CC(=O)NCC2COc3ccccc3O2)C1=O. The highest BCUT2D eigenvalue weighted by molar-refractivity contribution is 6.09. The van der Waals surface area contributed by atoms with Gasteiger partial charge < -0.3 is 20.1 Å². The Morgan fingerprint density at radius 2 is 1.87 bits per heavy atom. The van der Waals surface area contributed by atoms with Crippen molar-refractivity contribution in [2.24, 2.45) is 0 Å². The molecule has 2 unspecified atom stereocenters. The van der Waals surface area contributed by atoms with E-state index in [0.29, 0.717) is 23.7 Å². The van der Waals surface area contributed by atoms with Crippen molar-refractivity contribution >= 4 is 17.8 Å². The Morgan fingerprint density at radius 3 is 2.63 bits per heavy atom. The Kier molecular flexibility index (Phi) is 5.07. The molecule has 0 bridgehead atoms. The zero-order valence-corrected chi connectivity index (χ0v) is 16.8. The number of benzene rings is 2. The van der Waals surface area contributed by atoms with Gasteiger partial charge in [0.05, 0.1) is 6.54 Å². The maximum absolute atomic E-state index is 13.0. The smallest absolute Gasteiger partial charge is 0.325 e. The van der Waals surface area contributed by atoms with Gasteiger partial charge in [0.15, 0.2) is 11.5 Å². The molecule has 156 valence electrons. The molecule has 2 heterocycles. The number of hydrogen-bond donors (Lipinski definition) is 2. The third-order valence-corrected chi connectivity index (χ3v) is 5.35. The zero-order valence-electron chi connectivity index (χ0n) is 16.8. The molecule has 2 aliphatic rings. The second kappa shape index (κ2) is 7.70. The monoisotopic (exact) mass is 409 g/mol. The third kappa shape index (κ3) is 3.56. The minimum Gasteiger partial charge on any atom is -0.486 e. The second-order valence-electron chi connectivity index (χ2n) is 7.56. The van der Waals surface area contributed by atoms with E-state index in [4.69, 9.17) is 9.47 Å². The Morgan fingerprint density at radius 1 is 1.17 bits per heavy atom. The first-order valence-electron chi connectivity index (χ1n) is 9.74. The summed E-state index contributed by atoms with van der Waals surface area (Å²) in [6.45, 7) is 3.66. The van der Waals surface area contributed by atoms with Crippen LogP contribution in [0.3, 0.4) is 0 Å². The standard InChI is InChI=1S/C22H23N3O5/c1-14-7-3-4-8-16(14)22(2)20(27)25(21(28)24-22)12-19(26)23-11-15-13-29-17-9-5-6-10-18(17)30-15/h3-10,15H,11-13H2,1-2H3,(H,23,26)(H,24,28). The predicted molar refractivity (Wildman–Crippen MR) is 108 cm³/mol. The maximum Gasteiger partial charge on any atom is 0.325 e. The van der Waals surface area contributed by atoms with Crippen molar-refractivity contribution in [3.8, 4) is 11.5 Å². The van der Waals surface area contributed by atoms with Gasteiger partial charge in [0.2, 0.25) is 5.91 Å². The molecule has 4 amide bonds. The molecule has 0 radical (unpaired) electrons. The molecular formula is C22H23N3O5. The number of carbonyl (C=O) groups is 3. The zero-order chi connectivity index (χ0) is 21.3. The first-order valence-corrected chi connectivity index (χ1v) is 9.74. The normalized spacial score (nSPS) is 22.6. The van der Waals surface area contributed by atoms with Crippen molar-refractivity contribution in [2.45, 2.75) is 25.5 Å². The molecule has 0 aliphatic carbocycles. The number of rotatable bonds is 5. The molecule has 4 rings (SSSR count). The molecule has 2 aromatic rings. The van der Waals surface area contributed by atoms with E-state index in [-0.39, 0.29) is 19.2 Å². The van der Waals surface area contributed by atoms with E-state index in [1.54, 1.807) is 19.1 Å². The molecule has 2 aromatic carbocycles. The van der Waals surface area contributed by atoms with Crippen LogP contribution in [-0.4, -0.2) is 48.5 Å². The van der Waals surface area contributed by atoms with E-state index in [0.717, 1.165) is 10.5 Å². The third-order valence-electron chi connectivity index (χ3n) is 5.35. The summed E-state index contributed by atoms with van der Waals surface area (Å²) in [5.74, 6) is 0.374. The fraction of sp³-hybridized carbons (Fsp3) is 0.318. The van der Waals surface area contributed by atoms with Crippen LogP contribution in [0.1, 0.15) is 18.1 Å². The van der Waals surface area contributed by atoms with Gasteiger partial charge >= 0.3 is 6.03 Å². The minimum absolute atomic E-state index is 0.200. The van der Waals surface area contributed by atoms with Gasteiger partial charge in [0, 0.05) is 0 Å². The van der Waals surface area contributed by atoms with Crippen LogP contribution in [0, 0.1) is 6.92 Å². The van der Waals surface area contributed by atoms with Crippen LogP contribution in [0.5, 0.6) is 11.5 Å². The number of urea groups is 1. The van der Waals surface area contributed by atoms with Gasteiger partial charge in [0.1, 0.15) is 24.8 Å². The molecule has 2 atom stereocenters. The largest absolute Gasteiger partial charge is 0.486 e. The number of ether oxygens (including phenoxy) is 2. The van der Waals surface area contributed by atoms with E-state index in [1.165, 1.54) is 0 Å². The van der Waals surface area contributed by atoms with Gasteiger partial charge in [0.25, 0.3) is 5.91 Å². The second-order valence-corrected chi connectivity index (χ2v) is 7.56. The minimum atomic E-state index is -1.20. The topological polar surface area (TPSA) is 97.0 Å². The van der Waals surface area contributed by atoms with Crippen LogP contribution in [0.4, 0.5) is 4.79 Å². The lowest BCUT2D eigenvalue weighted by molar-refractivity contribution is -0.135. The number of aryl methyl sites for hydroxylation is 1. The molecule has 2 N–H and O–H groups in total. The lowest BCUT2D eigenvalue weighted by Crippen LogP contribution is -2.46. The van der Waals surface area contributed by atoms with Crippen LogP contribution in [0.15, 0.2) is 48.5 Å². The summed E-state index contributed by atoms with van der Waals surface area (Å²) in [6.07, 6.45) is -0.357. The number of para-hydroxylation sites is 2. The van der Waals surface area contributed by atoms with Gasteiger partial charge in [-0.3, -0.25) is 14.5 Å². The number of fused-ring (bicyclic) bond motifs is 1. The first-order chi connectivity index (χ1) is 14.4. The molecule has 30 heavy (non-hydrogen) atoms. The van der Waals surface area contributed by atoms with Crippen molar-refractivity contribution in [2.75, 3.05) is 19.7 Å². The van der Waals surface area contributed by atoms with Crippen molar-refractivity contribution in [1.29, 1.82) is 0 Å². The molecule has 1 saturated heterocycles. The van der Waals surface area contributed by atoms with Crippen LogP contribution >= 0.6 is 0 Å². The number of imide groups is 1. The van der Waals surface area contributed by atoms with E-state index in [1.807, 2.05) is 43.3 Å². The van der Waals surface area contributed by atoms with Crippen LogP contribution in [0.25, 0.3) is 0 Å². The Balaban J connectivity index is 1.36. The maximum atomic E-state index is 13.0. The van der Waals surface area contributed by atoms with E-state index >= 15 is 0 Å². The first kappa shape index (κ1) is 19.8. The van der Waals surface area contributed by atoms with E-state index in [2.05, 4.69) is 10.6 Å². The van der Waals surface area contributed by atoms with Gasteiger partial charge in [-0.25, -0.2) is 4.79 Å². The Labute approximate surface area is 174 Å². The predicted octanol–water partition coefficient (Wildman–Crippen LogP) is 1.72. The highest BCUT2D eigenvalue weighted by atomic mass is 16.6. The van der Waals surface area contributed by atoms with Crippen molar-refractivity contribution in [1.82, 2.24) is 15.5 Å². The molecule has 8 heteroatoms. The van der Waals surface area contributed by atoms with Crippen molar-refractivity contribution in [3.05, 3.63) is 59.7 Å². The average Bonchev–Trinajstić information content (AvgIpc) is 2.96. The van der Waals surface area contributed by atoms with Gasteiger partial charge in [-0.05, 0) is 37.1 Å². The summed E-state index contributed by atoms with van der Waals surface area (Å²) in [5.41, 5.74) is 0.388. The average molecular weight is 409 g/mol. The lowest BCUT2D eigenvalue weighted by Gasteiger charge is -2.26. The summed E-state index contributed by atoms with van der Waals surface area (Å²) in [6, 6.07) is 14.1. The number of nitrogens with zero attached hydrogens (tertiary/aromatic N) is 1. The van der Waals surface area contributed by atoms with Gasteiger partial charge in [-0.15, -0.1) is 0 Å². The highest BCUT2D eigenvalue weighted by Gasteiger charge is 2.50. The fourth-order valence-corrected chi connectivity index (χ4v) is 3.75.